The highest BCUT2D eigenvalue weighted by atomic mass is 32.2. The van der Waals surface area contributed by atoms with Gasteiger partial charge in [0.1, 0.15) is 0 Å². The first-order valence-electron chi connectivity index (χ1n) is 3.18. The molecular formula is C5H15NO4S. The lowest BCUT2D eigenvalue weighted by Gasteiger charge is -2.08. The third-order valence-electron chi connectivity index (χ3n) is 1.37. The van der Waals surface area contributed by atoms with E-state index >= 15 is 0 Å². The molecule has 0 aromatic carbocycles. The summed E-state index contributed by atoms with van der Waals surface area (Å²) < 4.78 is 29.4. The highest BCUT2D eigenvalue weighted by Crippen LogP contribution is 2.06. The largest absolute Gasteiger partial charge is 0.412 e. The van der Waals surface area contributed by atoms with Crippen molar-refractivity contribution in [1.82, 2.24) is 0 Å². The van der Waals surface area contributed by atoms with E-state index < -0.39 is 15.4 Å². The van der Waals surface area contributed by atoms with Crippen molar-refractivity contribution in [3.63, 3.8) is 0 Å². The third kappa shape index (κ3) is 5.14. The Morgan fingerprint density at radius 2 is 2.00 bits per heavy atom. The summed E-state index contributed by atoms with van der Waals surface area (Å²) in [6, 6.07) is 0. The number of nitrogens with two attached hydrogens (primary N) is 1. The van der Waals surface area contributed by atoms with Gasteiger partial charge in [0.25, 0.3) is 10.1 Å². The third-order valence-corrected chi connectivity index (χ3v) is 2.78. The topological polar surface area (TPSA) is 112 Å². The minimum Gasteiger partial charge on any atom is -0.412 e. The molecule has 5 nitrogen and oxygen atoms in total. The van der Waals surface area contributed by atoms with Crippen LogP contribution < -0.4 is 5.73 Å². The van der Waals surface area contributed by atoms with Crippen LogP contribution in [0.25, 0.3) is 0 Å². The Hall–Kier alpha value is -0.170. The Balaban J connectivity index is 0. The molecule has 1 unspecified atom stereocenters. The van der Waals surface area contributed by atoms with E-state index in [0.717, 1.165) is 0 Å². The van der Waals surface area contributed by atoms with Crippen molar-refractivity contribution < 1.29 is 18.4 Å². The van der Waals surface area contributed by atoms with Gasteiger partial charge in [-0.2, -0.15) is 8.42 Å². The molecule has 70 valence electrons. The molecule has 1 atom stereocenters. The summed E-state index contributed by atoms with van der Waals surface area (Å²) in [7, 11) is -3.86. The van der Waals surface area contributed by atoms with Crippen molar-refractivity contribution in [3.8, 4) is 0 Å². The predicted molar refractivity (Wildman–Crippen MR) is 42.9 cm³/mol. The maximum absolute atomic E-state index is 10.5. The fraction of sp³-hybridized carbons (Fsp3) is 1.00. The second kappa shape index (κ2) is 5.48. The van der Waals surface area contributed by atoms with E-state index in [1.165, 1.54) is 0 Å². The van der Waals surface area contributed by atoms with E-state index in [-0.39, 0.29) is 12.0 Å². The summed E-state index contributed by atoms with van der Waals surface area (Å²) in [4.78, 5) is 0. The fourth-order valence-electron chi connectivity index (χ4n) is 0.750. The van der Waals surface area contributed by atoms with Crippen LogP contribution in [0.4, 0.5) is 0 Å². The molecule has 0 radical (unpaired) electrons. The van der Waals surface area contributed by atoms with Gasteiger partial charge in [-0.25, -0.2) is 0 Å². The van der Waals surface area contributed by atoms with Gasteiger partial charge in [0.15, 0.2) is 0 Å². The van der Waals surface area contributed by atoms with Crippen molar-refractivity contribution >= 4 is 10.1 Å². The average Bonchev–Trinajstić information content (AvgIpc) is 1.80. The van der Waals surface area contributed by atoms with Crippen molar-refractivity contribution in [1.29, 1.82) is 0 Å². The Bertz CT molecular complexity index is 177. The lowest BCUT2D eigenvalue weighted by Crippen LogP contribution is -2.22. The highest BCUT2D eigenvalue weighted by Gasteiger charge is 2.18. The number of rotatable bonds is 4. The number of hydrogen-bond acceptors (Lipinski definition) is 3. The van der Waals surface area contributed by atoms with E-state index in [2.05, 4.69) is 0 Å². The molecule has 0 aromatic heterocycles. The summed E-state index contributed by atoms with van der Waals surface area (Å²) in [5, 5.41) is -0.683. The molecule has 11 heavy (non-hydrogen) atoms. The van der Waals surface area contributed by atoms with Gasteiger partial charge >= 0.3 is 0 Å². The molecule has 0 spiro atoms. The zero-order valence-corrected chi connectivity index (χ0v) is 7.26. The maximum Gasteiger partial charge on any atom is 0.267 e. The summed E-state index contributed by atoms with van der Waals surface area (Å²) in [5.74, 6) is 0. The molecule has 0 aliphatic carbocycles. The van der Waals surface area contributed by atoms with Crippen molar-refractivity contribution in [2.75, 3.05) is 6.54 Å². The summed E-state index contributed by atoms with van der Waals surface area (Å²) >= 11 is 0. The minimum atomic E-state index is -3.86. The summed E-state index contributed by atoms with van der Waals surface area (Å²) in [5.41, 5.74) is 5.13. The minimum absolute atomic E-state index is 0. The molecule has 0 aromatic rings. The average molecular weight is 185 g/mol. The molecule has 0 saturated heterocycles. The monoisotopic (exact) mass is 185 g/mol. The summed E-state index contributed by atoms with van der Waals surface area (Å²) in [6.07, 6.45) is 0.741. The van der Waals surface area contributed by atoms with Crippen LogP contribution in [-0.2, 0) is 10.1 Å². The zero-order valence-electron chi connectivity index (χ0n) is 6.45. The molecule has 0 bridgehead atoms. The lowest BCUT2D eigenvalue weighted by atomic mass is 10.2. The van der Waals surface area contributed by atoms with Gasteiger partial charge < -0.3 is 11.2 Å². The molecule has 6 heteroatoms. The summed E-state index contributed by atoms with van der Waals surface area (Å²) in [6.45, 7) is 1.99. The number of hydrogen-bond donors (Lipinski definition) is 2. The van der Waals surface area contributed by atoms with Crippen LogP contribution in [0.1, 0.15) is 19.8 Å². The Morgan fingerprint density at radius 1 is 1.55 bits per heavy atom. The van der Waals surface area contributed by atoms with Crippen LogP contribution in [-0.4, -0.2) is 30.2 Å². The standard InChI is InChI=1S/C5H13NO3S.H2O/c1-2-5(3-4-6)10(7,8)9;/h5H,2-4,6H2,1H3,(H,7,8,9);1H2. The van der Waals surface area contributed by atoms with Crippen LogP contribution >= 0.6 is 0 Å². The first-order chi connectivity index (χ1) is 4.52. The van der Waals surface area contributed by atoms with Gasteiger partial charge in [-0.1, -0.05) is 6.92 Å². The van der Waals surface area contributed by atoms with Gasteiger partial charge in [0.05, 0.1) is 5.25 Å². The van der Waals surface area contributed by atoms with Gasteiger partial charge in [-0.05, 0) is 19.4 Å². The first-order valence-corrected chi connectivity index (χ1v) is 4.69. The lowest BCUT2D eigenvalue weighted by molar-refractivity contribution is 0.459. The van der Waals surface area contributed by atoms with Crippen LogP contribution in [0.3, 0.4) is 0 Å². The van der Waals surface area contributed by atoms with Crippen LogP contribution in [0, 0.1) is 0 Å². The molecule has 0 amide bonds. The van der Waals surface area contributed by atoms with Gasteiger partial charge in [0.2, 0.25) is 0 Å². The van der Waals surface area contributed by atoms with E-state index in [1.54, 1.807) is 6.92 Å². The smallest absolute Gasteiger partial charge is 0.267 e. The zero-order chi connectivity index (χ0) is 8.20. The second-order valence-electron chi connectivity index (χ2n) is 2.12. The van der Waals surface area contributed by atoms with Crippen molar-refractivity contribution in [2.24, 2.45) is 5.73 Å². The Morgan fingerprint density at radius 3 is 2.09 bits per heavy atom. The first kappa shape index (κ1) is 13.4. The molecule has 0 rings (SSSR count). The fourth-order valence-corrected chi connectivity index (χ4v) is 1.60. The van der Waals surface area contributed by atoms with Crippen LogP contribution in [0.15, 0.2) is 0 Å². The highest BCUT2D eigenvalue weighted by molar-refractivity contribution is 7.86. The quantitative estimate of drug-likeness (QED) is 0.557. The predicted octanol–water partition coefficient (Wildman–Crippen LogP) is -0.823. The maximum atomic E-state index is 10.5. The van der Waals surface area contributed by atoms with Gasteiger partial charge in [-0.15, -0.1) is 0 Å². The van der Waals surface area contributed by atoms with Crippen LogP contribution in [0.2, 0.25) is 0 Å². The molecule has 0 heterocycles. The molecule has 0 aliphatic rings. The molecule has 5 N–H and O–H groups in total. The Labute approximate surface area is 66.6 Å². The van der Waals surface area contributed by atoms with E-state index in [0.29, 0.717) is 12.8 Å². The van der Waals surface area contributed by atoms with Crippen molar-refractivity contribution in [3.05, 3.63) is 0 Å². The van der Waals surface area contributed by atoms with Gasteiger partial charge in [0, 0.05) is 0 Å². The Kier molecular flexibility index (Phi) is 6.68. The molecule has 0 aliphatic heterocycles. The molecule has 0 saturated carbocycles. The van der Waals surface area contributed by atoms with E-state index in [4.69, 9.17) is 10.3 Å². The van der Waals surface area contributed by atoms with E-state index in [9.17, 15) is 8.42 Å². The van der Waals surface area contributed by atoms with Crippen molar-refractivity contribution in [2.45, 2.75) is 25.0 Å². The SMILES string of the molecule is CCC(CCN)S(=O)(=O)O.O. The second-order valence-corrected chi connectivity index (χ2v) is 3.82. The molecule has 0 fully saturated rings. The van der Waals surface area contributed by atoms with Crippen LogP contribution in [0.5, 0.6) is 0 Å². The normalized spacial score (nSPS) is 13.7. The van der Waals surface area contributed by atoms with Gasteiger partial charge in [-0.3, -0.25) is 4.55 Å². The molecular weight excluding hydrogens is 170 g/mol. The van der Waals surface area contributed by atoms with E-state index in [1.807, 2.05) is 0 Å².